The number of rotatable bonds is 9. The Labute approximate surface area is 199 Å². The van der Waals surface area contributed by atoms with Crippen molar-refractivity contribution in [1.82, 2.24) is 19.7 Å². The van der Waals surface area contributed by atoms with Crippen LogP contribution in [0.15, 0.2) is 53.7 Å². The van der Waals surface area contributed by atoms with Gasteiger partial charge in [-0.3, -0.25) is 14.3 Å². The second-order valence-electron chi connectivity index (χ2n) is 8.06. The van der Waals surface area contributed by atoms with E-state index in [-0.39, 0.29) is 17.7 Å². The third kappa shape index (κ3) is 5.91. The lowest BCUT2D eigenvalue weighted by molar-refractivity contribution is -0.113. The smallest absolute Gasteiger partial charge is 0.234 e. The molecule has 0 fully saturated rings. The van der Waals surface area contributed by atoms with E-state index in [9.17, 15) is 4.79 Å². The van der Waals surface area contributed by atoms with E-state index in [0.29, 0.717) is 16.1 Å². The summed E-state index contributed by atoms with van der Waals surface area (Å²) >= 11 is 7.43. The van der Waals surface area contributed by atoms with E-state index in [2.05, 4.69) is 53.3 Å². The highest BCUT2D eigenvalue weighted by Gasteiger charge is 2.21. The number of hydrogen-bond acceptors (Lipinski definition) is 5. The maximum atomic E-state index is 12.6. The van der Waals surface area contributed by atoms with Crippen molar-refractivity contribution in [2.45, 2.75) is 44.3 Å². The normalized spacial score (nSPS) is 13.2. The summed E-state index contributed by atoms with van der Waals surface area (Å²) < 4.78 is 1.99. The summed E-state index contributed by atoms with van der Waals surface area (Å²) in [6.45, 7) is 6.44. The van der Waals surface area contributed by atoms with Gasteiger partial charge in [0.25, 0.3) is 0 Å². The van der Waals surface area contributed by atoms with Crippen molar-refractivity contribution in [3.63, 3.8) is 0 Å². The van der Waals surface area contributed by atoms with Gasteiger partial charge < -0.3 is 5.32 Å². The number of carbonyl (C=O) groups excluding carboxylic acids is 1. The largest absolute Gasteiger partial charge is 0.325 e. The summed E-state index contributed by atoms with van der Waals surface area (Å²) in [4.78, 5) is 14.7. The van der Waals surface area contributed by atoms with Crippen LogP contribution >= 0.6 is 23.4 Å². The molecule has 3 rings (SSSR count). The van der Waals surface area contributed by atoms with E-state index in [4.69, 9.17) is 11.6 Å². The minimum atomic E-state index is -0.0841. The first kappa shape index (κ1) is 24.3. The SMILES string of the molecule is CC[C@@H](C)c1ccc(NC(=O)CSc2nnc([C@H](C)N(C)C)n2-c2ccc(Cl)cc2)cc1. The summed E-state index contributed by atoms with van der Waals surface area (Å²) in [6, 6.07) is 15.6. The Balaban J connectivity index is 1.74. The van der Waals surface area contributed by atoms with Crippen molar-refractivity contribution in [3.8, 4) is 5.69 Å². The molecular weight excluding hydrogens is 442 g/mol. The quantitative estimate of drug-likeness (QED) is 0.400. The van der Waals surface area contributed by atoms with Crippen molar-refractivity contribution in [2.24, 2.45) is 0 Å². The van der Waals surface area contributed by atoms with Gasteiger partial charge in [-0.15, -0.1) is 10.2 Å². The highest BCUT2D eigenvalue weighted by Crippen LogP contribution is 2.28. The van der Waals surface area contributed by atoms with Gasteiger partial charge in [0.05, 0.1) is 11.8 Å². The molecule has 2 atom stereocenters. The summed E-state index contributed by atoms with van der Waals surface area (Å²) in [5.41, 5.74) is 2.98. The highest BCUT2D eigenvalue weighted by molar-refractivity contribution is 7.99. The molecule has 170 valence electrons. The number of aromatic nitrogens is 3. The fourth-order valence-corrected chi connectivity index (χ4v) is 4.05. The minimum Gasteiger partial charge on any atom is -0.325 e. The lowest BCUT2D eigenvalue weighted by Gasteiger charge is -2.20. The molecule has 0 aliphatic rings. The van der Waals surface area contributed by atoms with E-state index in [1.807, 2.05) is 55.1 Å². The molecule has 32 heavy (non-hydrogen) atoms. The Bertz CT molecular complexity index is 1030. The van der Waals surface area contributed by atoms with Crippen LogP contribution in [0.3, 0.4) is 0 Å². The number of thioether (sulfide) groups is 1. The topological polar surface area (TPSA) is 63.1 Å². The van der Waals surface area contributed by atoms with Crippen molar-refractivity contribution in [1.29, 1.82) is 0 Å². The molecule has 1 heterocycles. The minimum absolute atomic E-state index is 0.0466. The Kier molecular flexibility index (Phi) is 8.34. The van der Waals surface area contributed by atoms with Crippen LogP contribution in [0.5, 0.6) is 0 Å². The van der Waals surface area contributed by atoms with Gasteiger partial charge in [0, 0.05) is 16.4 Å². The van der Waals surface area contributed by atoms with Gasteiger partial charge in [0.1, 0.15) is 0 Å². The zero-order valence-electron chi connectivity index (χ0n) is 19.2. The maximum absolute atomic E-state index is 12.6. The molecule has 0 saturated heterocycles. The molecule has 6 nitrogen and oxygen atoms in total. The zero-order chi connectivity index (χ0) is 23.3. The van der Waals surface area contributed by atoms with E-state index in [1.165, 1.54) is 17.3 Å². The number of halogens is 1. The van der Waals surface area contributed by atoms with Crippen molar-refractivity contribution in [2.75, 3.05) is 25.2 Å². The van der Waals surface area contributed by atoms with Crippen LogP contribution in [0.25, 0.3) is 5.69 Å². The Morgan fingerprint density at radius 1 is 1.09 bits per heavy atom. The molecule has 0 spiro atoms. The van der Waals surface area contributed by atoms with E-state index >= 15 is 0 Å². The molecule has 2 aromatic carbocycles. The molecule has 0 bridgehead atoms. The molecule has 0 radical (unpaired) electrons. The number of amides is 1. The van der Waals surface area contributed by atoms with Crippen molar-refractivity contribution >= 4 is 35.0 Å². The van der Waals surface area contributed by atoms with Crippen molar-refractivity contribution in [3.05, 3.63) is 64.9 Å². The fraction of sp³-hybridized carbons (Fsp3) is 0.375. The summed E-state index contributed by atoms with van der Waals surface area (Å²) in [5.74, 6) is 1.46. The van der Waals surface area contributed by atoms with Crippen LogP contribution in [-0.4, -0.2) is 45.4 Å². The highest BCUT2D eigenvalue weighted by atomic mass is 35.5. The van der Waals surface area contributed by atoms with Crippen molar-refractivity contribution < 1.29 is 4.79 Å². The molecular formula is C24H30ClN5OS. The number of hydrogen-bond donors (Lipinski definition) is 1. The average molecular weight is 472 g/mol. The number of nitrogens with one attached hydrogen (secondary N) is 1. The molecule has 0 aliphatic heterocycles. The van der Waals surface area contributed by atoms with Gasteiger partial charge in [-0.2, -0.15) is 0 Å². The van der Waals surface area contributed by atoms with Gasteiger partial charge in [0.2, 0.25) is 5.91 Å². The number of anilines is 1. The molecule has 8 heteroatoms. The first-order valence-electron chi connectivity index (χ1n) is 10.7. The molecule has 0 unspecified atom stereocenters. The van der Waals surface area contributed by atoms with Crippen LogP contribution < -0.4 is 5.32 Å². The summed E-state index contributed by atoms with van der Waals surface area (Å²) in [7, 11) is 4.00. The van der Waals surface area contributed by atoms with E-state index in [1.54, 1.807) is 0 Å². The van der Waals surface area contributed by atoms with E-state index < -0.39 is 0 Å². The first-order chi connectivity index (χ1) is 15.3. The van der Waals surface area contributed by atoms with Gasteiger partial charge in [-0.05, 0) is 75.3 Å². The van der Waals surface area contributed by atoms with Crippen LogP contribution in [0, 0.1) is 0 Å². The Morgan fingerprint density at radius 3 is 2.34 bits per heavy atom. The second kappa shape index (κ2) is 11.0. The summed E-state index contributed by atoms with van der Waals surface area (Å²) in [6.07, 6.45) is 1.09. The van der Waals surface area contributed by atoms with Crippen LogP contribution in [0.4, 0.5) is 5.69 Å². The Morgan fingerprint density at radius 2 is 1.75 bits per heavy atom. The third-order valence-electron chi connectivity index (χ3n) is 5.60. The first-order valence-corrected chi connectivity index (χ1v) is 12.1. The monoisotopic (exact) mass is 471 g/mol. The molecule has 0 aliphatic carbocycles. The number of carbonyl (C=O) groups is 1. The molecule has 1 N–H and O–H groups in total. The lowest BCUT2D eigenvalue weighted by atomic mass is 9.99. The van der Waals surface area contributed by atoms with Gasteiger partial charge in [-0.25, -0.2) is 0 Å². The van der Waals surface area contributed by atoms with Crippen LogP contribution in [0.2, 0.25) is 5.02 Å². The maximum Gasteiger partial charge on any atom is 0.234 e. The number of benzene rings is 2. The third-order valence-corrected chi connectivity index (χ3v) is 6.78. The predicted octanol–water partition coefficient (Wildman–Crippen LogP) is 5.79. The standard InChI is InChI=1S/C24H30ClN5OS/c1-6-16(2)18-7-11-20(12-8-18)26-22(31)15-32-24-28-27-23(17(3)29(4)5)30(24)21-13-9-19(25)10-14-21/h7-14,16-17H,6,15H2,1-5H3,(H,26,31)/t16-,17+/m1/s1. The van der Waals surface area contributed by atoms with Gasteiger partial charge in [-0.1, -0.05) is 49.3 Å². The van der Waals surface area contributed by atoms with Gasteiger partial charge >= 0.3 is 0 Å². The number of nitrogens with zero attached hydrogens (tertiary/aromatic N) is 4. The summed E-state index contributed by atoms with van der Waals surface area (Å²) in [5, 5.41) is 13.1. The average Bonchev–Trinajstić information content (AvgIpc) is 3.21. The molecule has 1 aromatic heterocycles. The fourth-order valence-electron chi connectivity index (χ4n) is 3.17. The van der Waals surface area contributed by atoms with Gasteiger partial charge in [0.15, 0.2) is 11.0 Å². The lowest BCUT2D eigenvalue weighted by Crippen LogP contribution is -2.21. The zero-order valence-corrected chi connectivity index (χ0v) is 20.7. The second-order valence-corrected chi connectivity index (χ2v) is 9.44. The predicted molar refractivity (Wildman–Crippen MR) is 133 cm³/mol. The van der Waals surface area contributed by atoms with E-state index in [0.717, 1.165) is 23.6 Å². The van der Waals surface area contributed by atoms with Crippen LogP contribution in [-0.2, 0) is 4.79 Å². The Hall–Kier alpha value is -2.35. The van der Waals surface area contributed by atoms with Crippen LogP contribution in [0.1, 0.15) is 50.5 Å². The molecule has 1 amide bonds. The molecule has 3 aromatic rings. The molecule has 0 saturated carbocycles.